The first kappa shape index (κ1) is 15.9. The van der Waals surface area contributed by atoms with Crippen LogP contribution in [0.25, 0.3) is 0 Å². The van der Waals surface area contributed by atoms with Gasteiger partial charge in [0.05, 0.1) is 18.2 Å². The summed E-state index contributed by atoms with van der Waals surface area (Å²) in [5, 5.41) is 11.3. The average Bonchev–Trinajstić information content (AvgIpc) is 2.83. The first-order chi connectivity index (χ1) is 10.4. The van der Waals surface area contributed by atoms with Crippen molar-refractivity contribution in [3.63, 3.8) is 0 Å². The maximum absolute atomic E-state index is 12.7. The van der Waals surface area contributed by atoms with Crippen LogP contribution in [-0.2, 0) is 17.4 Å². The zero-order chi connectivity index (χ0) is 16.2. The van der Waals surface area contributed by atoms with E-state index in [2.05, 4.69) is 20.7 Å². The van der Waals surface area contributed by atoms with Crippen molar-refractivity contribution in [2.24, 2.45) is 5.10 Å². The Bertz CT molecular complexity index is 698. The van der Waals surface area contributed by atoms with Crippen molar-refractivity contribution >= 4 is 28.6 Å². The third kappa shape index (κ3) is 4.25. The summed E-state index contributed by atoms with van der Waals surface area (Å²) in [6.07, 6.45) is -3.65. The van der Waals surface area contributed by atoms with E-state index in [0.29, 0.717) is 5.01 Å². The lowest BCUT2D eigenvalue weighted by Gasteiger charge is -2.09. The van der Waals surface area contributed by atoms with E-state index in [0.717, 1.165) is 23.6 Å². The lowest BCUT2D eigenvalue weighted by atomic mass is 10.1. The fraction of sp³-hybridized carbons (Fsp3) is 0.167. The molecule has 0 saturated carbocycles. The van der Waals surface area contributed by atoms with E-state index in [1.807, 2.05) is 0 Å². The summed E-state index contributed by atoms with van der Waals surface area (Å²) >= 11 is 1.05. The molecule has 0 unspecified atom stereocenters. The maximum Gasteiger partial charge on any atom is 0.417 e. The summed E-state index contributed by atoms with van der Waals surface area (Å²) in [6, 6.07) is 4.91. The molecule has 2 aromatic rings. The topological polar surface area (TPSA) is 93.3 Å². The van der Waals surface area contributed by atoms with Crippen molar-refractivity contribution < 1.29 is 18.0 Å². The first-order valence-electron chi connectivity index (χ1n) is 5.92. The van der Waals surface area contributed by atoms with Crippen LogP contribution in [0.5, 0.6) is 0 Å². The van der Waals surface area contributed by atoms with Crippen molar-refractivity contribution in [1.29, 1.82) is 0 Å². The average molecular weight is 329 g/mol. The second-order valence-electron chi connectivity index (χ2n) is 4.09. The molecule has 0 bridgehead atoms. The number of nitrogens with zero attached hydrogens (tertiary/aromatic N) is 3. The number of aromatic nitrogens is 2. The van der Waals surface area contributed by atoms with Crippen molar-refractivity contribution in [3.05, 3.63) is 40.4 Å². The summed E-state index contributed by atoms with van der Waals surface area (Å²) in [5.74, 6) is -0.531. The highest BCUT2D eigenvalue weighted by atomic mass is 32.1. The number of carbonyl (C=O) groups is 1. The minimum absolute atomic E-state index is 0.104. The number of anilines is 1. The van der Waals surface area contributed by atoms with Gasteiger partial charge < -0.3 is 5.73 Å². The van der Waals surface area contributed by atoms with Gasteiger partial charge in [-0.05, 0) is 6.07 Å². The molecule has 0 spiro atoms. The molecule has 0 aliphatic heterocycles. The fourth-order valence-electron chi connectivity index (χ4n) is 1.56. The van der Waals surface area contributed by atoms with Crippen LogP contribution in [-0.4, -0.2) is 22.3 Å². The molecular weight excluding hydrogens is 319 g/mol. The Balaban J connectivity index is 1.99. The molecule has 116 valence electrons. The number of nitrogens with two attached hydrogens (primary N) is 1. The zero-order valence-electron chi connectivity index (χ0n) is 11.0. The number of hydrogen-bond acceptors (Lipinski definition) is 6. The van der Waals surface area contributed by atoms with Crippen LogP contribution in [0.4, 0.5) is 18.3 Å². The number of amides is 1. The molecule has 22 heavy (non-hydrogen) atoms. The molecule has 6 nitrogen and oxygen atoms in total. The summed E-state index contributed by atoms with van der Waals surface area (Å²) in [4.78, 5) is 11.5. The highest BCUT2D eigenvalue weighted by Gasteiger charge is 2.32. The SMILES string of the molecule is Nc1nnc(CC(=O)N/N=C/c2ccccc2C(F)(F)F)s1. The highest BCUT2D eigenvalue weighted by molar-refractivity contribution is 7.15. The van der Waals surface area contributed by atoms with E-state index in [-0.39, 0.29) is 17.1 Å². The first-order valence-corrected chi connectivity index (χ1v) is 6.74. The van der Waals surface area contributed by atoms with E-state index < -0.39 is 17.6 Å². The van der Waals surface area contributed by atoms with Gasteiger partial charge in [0, 0.05) is 5.56 Å². The normalized spacial score (nSPS) is 11.8. The van der Waals surface area contributed by atoms with Crippen molar-refractivity contribution in [3.8, 4) is 0 Å². The molecule has 1 heterocycles. The van der Waals surface area contributed by atoms with Crippen LogP contribution in [0.2, 0.25) is 0 Å². The molecule has 0 aliphatic rings. The van der Waals surface area contributed by atoms with Gasteiger partial charge in [-0.15, -0.1) is 10.2 Å². The van der Waals surface area contributed by atoms with Crippen LogP contribution in [0.15, 0.2) is 29.4 Å². The zero-order valence-corrected chi connectivity index (χ0v) is 11.8. The molecule has 1 aromatic carbocycles. The monoisotopic (exact) mass is 329 g/mol. The standard InChI is InChI=1S/C12H10F3N5OS/c13-12(14,15)8-4-2-1-3-7(8)6-17-18-9(21)5-10-19-20-11(16)22-10/h1-4,6H,5H2,(H2,16,20)(H,18,21)/b17-6+. The second kappa shape index (κ2) is 6.52. The third-order valence-electron chi connectivity index (χ3n) is 2.45. The predicted molar refractivity (Wildman–Crippen MR) is 75.2 cm³/mol. The number of benzene rings is 1. The lowest BCUT2D eigenvalue weighted by molar-refractivity contribution is -0.137. The maximum atomic E-state index is 12.7. The Morgan fingerprint density at radius 3 is 2.73 bits per heavy atom. The minimum Gasteiger partial charge on any atom is -0.374 e. The largest absolute Gasteiger partial charge is 0.417 e. The number of halogens is 3. The van der Waals surface area contributed by atoms with E-state index in [4.69, 9.17) is 5.73 Å². The number of hydrogen-bond donors (Lipinski definition) is 2. The van der Waals surface area contributed by atoms with E-state index in [9.17, 15) is 18.0 Å². The van der Waals surface area contributed by atoms with Crippen LogP contribution >= 0.6 is 11.3 Å². The molecule has 0 radical (unpaired) electrons. The van der Waals surface area contributed by atoms with Gasteiger partial charge in [0.2, 0.25) is 11.0 Å². The molecule has 0 fully saturated rings. The summed E-state index contributed by atoms with van der Waals surface area (Å²) < 4.78 is 38.2. The summed E-state index contributed by atoms with van der Waals surface area (Å²) in [7, 11) is 0. The Hall–Kier alpha value is -2.49. The second-order valence-corrected chi connectivity index (χ2v) is 5.18. The third-order valence-corrected chi connectivity index (χ3v) is 3.21. The number of nitrogens with one attached hydrogen (secondary N) is 1. The van der Waals surface area contributed by atoms with Gasteiger partial charge in [0.1, 0.15) is 5.01 Å². The molecule has 0 saturated heterocycles. The van der Waals surface area contributed by atoms with Crippen LogP contribution in [0, 0.1) is 0 Å². The summed E-state index contributed by atoms with van der Waals surface area (Å²) in [5.41, 5.74) is 6.52. The van der Waals surface area contributed by atoms with Gasteiger partial charge >= 0.3 is 6.18 Å². The lowest BCUT2D eigenvalue weighted by Crippen LogP contribution is -2.20. The number of nitrogen functional groups attached to an aromatic ring is 1. The Morgan fingerprint density at radius 2 is 2.09 bits per heavy atom. The van der Waals surface area contributed by atoms with Gasteiger partial charge in [-0.3, -0.25) is 4.79 Å². The quantitative estimate of drug-likeness (QED) is 0.661. The highest BCUT2D eigenvalue weighted by Crippen LogP contribution is 2.30. The van der Waals surface area contributed by atoms with E-state index in [1.54, 1.807) is 0 Å². The predicted octanol–water partition coefficient (Wildman–Crippen LogP) is 1.83. The van der Waals surface area contributed by atoms with Gasteiger partial charge in [-0.25, -0.2) is 5.43 Å². The van der Waals surface area contributed by atoms with Crippen LogP contribution in [0.3, 0.4) is 0 Å². The summed E-state index contributed by atoms with van der Waals surface area (Å²) in [6.45, 7) is 0. The number of alkyl halides is 3. The van der Waals surface area contributed by atoms with Gasteiger partial charge in [0.25, 0.3) is 0 Å². The molecule has 3 N–H and O–H groups in total. The van der Waals surface area contributed by atoms with Crippen molar-refractivity contribution in [2.45, 2.75) is 12.6 Å². The molecule has 2 rings (SSSR count). The molecule has 1 aromatic heterocycles. The Kier molecular flexibility index (Phi) is 4.71. The minimum atomic E-state index is -4.49. The van der Waals surface area contributed by atoms with E-state index in [1.165, 1.54) is 18.2 Å². The molecule has 0 atom stereocenters. The Morgan fingerprint density at radius 1 is 1.36 bits per heavy atom. The van der Waals surface area contributed by atoms with Crippen molar-refractivity contribution in [2.75, 3.05) is 5.73 Å². The Labute approximate surface area is 126 Å². The van der Waals surface area contributed by atoms with E-state index >= 15 is 0 Å². The van der Waals surface area contributed by atoms with Gasteiger partial charge in [-0.1, -0.05) is 29.5 Å². The molecule has 0 aliphatic carbocycles. The van der Waals surface area contributed by atoms with Crippen LogP contribution < -0.4 is 11.2 Å². The fourth-order valence-corrected chi connectivity index (χ4v) is 2.16. The molecule has 1 amide bonds. The van der Waals surface area contributed by atoms with Crippen molar-refractivity contribution in [1.82, 2.24) is 15.6 Å². The number of rotatable bonds is 4. The molecular formula is C12H10F3N5OS. The number of hydrazone groups is 1. The van der Waals surface area contributed by atoms with Gasteiger partial charge in [0.15, 0.2) is 0 Å². The van der Waals surface area contributed by atoms with Crippen LogP contribution in [0.1, 0.15) is 16.1 Å². The number of carbonyl (C=O) groups excluding carboxylic acids is 1. The molecule has 10 heteroatoms. The smallest absolute Gasteiger partial charge is 0.374 e. The van der Waals surface area contributed by atoms with Gasteiger partial charge in [-0.2, -0.15) is 18.3 Å².